The van der Waals surface area contributed by atoms with E-state index in [1.165, 1.54) is 51.4 Å². The quantitative estimate of drug-likeness (QED) is 0.266. The van der Waals surface area contributed by atoms with Gasteiger partial charge in [0.1, 0.15) is 0 Å². The minimum atomic E-state index is 0.825. The zero-order chi connectivity index (χ0) is 12.6. The van der Waals surface area contributed by atoms with Crippen LogP contribution >= 0.6 is 11.6 Å². The van der Waals surface area contributed by atoms with Crippen molar-refractivity contribution in [3.8, 4) is 11.8 Å². The highest BCUT2D eigenvalue weighted by Crippen LogP contribution is 2.09. The lowest BCUT2D eigenvalue weighted by molar-refractivity contribution is 0.580. The van der Waals surface area contributed by atoms with E-state index >= 15 is 0 Å². The monoisotopic (exact) mass is 254 g/mol. The van der Waals surface area contributed by atoms with Crippen LogP contribution in [0.15, 0.2) is 12.2 Å². The maximum atomic E-state index is 5.63. The van der Waals surface area contributed by atoms with Crippen LogP contribution in [-0.2, 0) is 0 Å². The van der Waals surface area contributed by atoms with Crippen molar-refractivity contribution in [2.24, 2.45) is 0 Å². The van der Waals surface area contributed by atoms with Crippen LogP contribution in [0.1, 0.15) is 71.1 Å². The number of alkyl halides is 1. The fourth-order valence-electron chi connectivity index (χ4n) is 1.68. The van der Waals surface area contributed by atoms with E-state index in [1.807, 2.05) is 6.08 Å². The molecule has 0 aromatic carbocycles. The van der Waals surface area contributed by atoms with Gasteiger partial charge >= 0.3 is 0 Å². The van der Waals surface area contributed by atoms with Gasteiger partial charge < -0.3 is 0 Å². The molecule has 0 nitrogen and oxygen atoms in total. The molecule has 17 heavy (non-hydrogen) atoms. The Balaban J connectivity index is 3.07. The van der Waals surface area contributed by atoms with Crippen LogP contribution in [0, 0.1) is 11.8 Å². The predicted molar refractivity (Wildman–Crippen MR) is 79.5 cm³/mol. The molecule has 0 rings (SSSR count). The molecule has 0 aliphatic carbocycles. The second-order valence-electron chi connectivity index (χ2n) is 4.40. The van der Waals surface area contributed by atoms with Crippen molar-refractivity contribution in [3.05, 3.63) is 12.2 Å². The molecule has 0 unspecified atom stereocenters. The summed E-state index contributed by atoms with van der Waals surface area (Å²) < 4.78 is 0. The first-order chi connectivity index (χ1) is 8.41. The number of rotatable bonds is 10. The standard InChI is InChI=1S/C16H27Cl/c1-2-3-4-5-6-7-8-9-10-11-12-13-14-15-16-17/h3-4H,2,7-16H2,1H3/b4-3-. The largest absolute Gasteiger partial charge is 0.127 e. The summed E-state index contributed by atoms with van der Waals surface area (Å²) in [5.74, 6) is 7.08. The summed E-state index contributed by atoms with van der Waals surface area (Å²) in [6.07, 6.45) is 16.8. The van der Waals surface area contributed by atoms with Crippen molar-refractivity contribution >= 4 is 11.6 Å². The normalized spacial score (nSPS) is 10.5. The Hall–Kier alpha value is -0.410. The van der Waals surface area contributed by atoms with E-state index in [1.54, 1.807) is 0 Å². The first-order valence-corrected chi connectivity index (χ1v) is 7.64. The van der Waals surface area contributed by atoms with Gasteiger partial charge in [0.25, 0.3) is 0 Å². The molecule has 0 N–H and O–H groups in total. The summed E-state index contributed by atoms with van der Waals surface area (Å²) >= 11 is 5.63. The van der Waals surface area contributed by atoms with Crippen LogP contribution in [0.2, 0.25) is 0 Å². The molecule has 0 aliphatic rings. The van der Waals surface area contributed by atoms with Gasteiger partial charge in [-0.15, -0.1) is 11.6 Å². The Kier molecular flexibility index (Phi) is 15.2. The summed E-state index contributed by atoms with van der Waals surface area (Å²) in [4.78, 5) is 0. The summed E-state index contributed by atoms with van der Waals surface area (Å²) in [7, 11) is 0. The first-order valence-electron chi connectivity index (χ1n) is 7.11. The van der Waals surface area contributed by atoms with E-state index in [4.69, 9.17) is 11.6 Å². The van der Waals surface area contributed by atoms with Gasteiger partial charge in [0, 0.05) is 12.3 Å². The summed E-state index contributed by atoms with van der Waals surface area (Å²) in [5.41, 5.74) is 0. The minimum Gasteiger partial charge on any atom is -0.127 e. The smallest absolute Gasteiger partial charge is 0.0223 e. The van der Waals surface area contributed by atoms with Gasteiger partial charge in [0.15, 0.2) is 0 Å². The number of unbranched alkanes of at least 4 members (excludes halogenated alkanes) is 8. The molecular weight excluding hydrogens is 228 g/mol. The molecule has 0 fully saturated rings. The highest BCUT2D eigenvalue weighted by molar-refractivity contribution is 6.17. The molecule has 0 amide bonds. The molecule has 0 heterocycles. The number of halogens is 1. The molecule has 0 saturated carbocycles. The van der Waals surface area contributed by atoms with Crippen LogP contribution in [-0.4, -0.2) is 5.88 Å². The van der Waals surface area contributed by atoms with E-state index in [-0.39, 0.29) is 0 Å². The Morgan fingerprint density at radius 1 is 0.882 bits per heavy atom. The van der Waals surface area contributed by atoms with Gasteiger partial charge in [-0.3, -0.25) is 0 Å². The fraction of sp³-hybridized carbons (Fsp3) is 0.750. The van der Waals surface area contributed by atoms with Crippen molar-refractivity contribution in [2.45, 2.75) is 71.1 Å². The van der Waals surface area contributed by atoms with Crippen molar-refractivity contribution in [1.82, 2.24) is 0 Å². The third kappa shape index (κ3) is 15.6. The lowest BCUT2D eigenvalue weighted by Crippen LogP contribution is -1.81. The summed E-state index contributed by atoms with van der Waals surface area (Å²) in [6, 6.07) is 0. The topological polar surface area (TPSA) is 0 Å². The van der Waals surface area contributed by atoms with Crippen molar-refractivity contribution < 1.29 is 0 Å². The van der Waals surface area contributed by atoms with Gasteiger partial charge in [-0.25, -0.2) is 0 Å². The molecule has 0 saturated heterocycles. The van der Waals surface area contributed by atoms with E-state index in [9.17, 15) is 0 Å². The molecular formula is C16H27Cl. The number of allylic oxidation sites excluding steroid dienone is 2. The molecule has 0 aromatic rings. The molecule has 0 bridgehead atoms. The highest BCUT2D eigenvalue weighted by Gasteiger charge is 1.91. The Morgan fingerprint density at radius 3 is 2.06 bits per heavy atom. The third-order valence-corrected chi connectivity index (χ3v) is 2.99. The molecule has 98 valence electrons. The molecule has 0 radical (unpaired) electrons. The molecule has 0 aliphatic heterocycles. The highest BCUT2D eigenvalue weighted by atomic mass is 35.5. The SMILES string of the molecule is CC/C=C\C#CCCCCCCCCCCCl. The lowest BCUT2D eigenvalue weighted by Gasteiger charge is -1.99. The molecule has 0 spiro atoms. The Morgan fingerprint density at radius 2 is 1.47 bits per heavy atom. The summed E-state index contributed by atoms with van der Waals surface area (Å²) in [5, 5.41) is 0. The van der Waals surface area contributed by atoms with Gasteiger partial charge in [-0.2, -0.15) is 0 Å². The average Bonchev–Trinajstić information content (AvgIpc) is 2.35. The van der Waals surface area contributed by atoms with Crippen LogP contribution in [0.5, 0.6) is 0 Å². The molecule has 1 heteroatoms. The zero-order valence-corrected chi connectivity index (χ0v) is 12.1. The molecule has 0 aromatic heterocycles. The molecule has 0 atom stereocenters. The van der Waals surface area contributed by atoms with Gasteiger partial charge in [0.2, 0.25) is 0 Å². The zero-order valence-electron chi connectivity index (χ0n) is 11.3. The van der Waals surface area contributed by atoms with Crippen molar-refractivity contribution in [2.75, 3.05) is 5.88 Å². The fourth-order valence-corrected chi connectivity index (χ4v) is 1.87. The lowest BCUT2D eigenvalue weighted by atomic mass is 10.1. The van der Waals surface area contributed by atoms with Gasteiger partial charge in [0.05, 0.1) is 0 Å². The van der Waals surface area contributed by atoms with Crippen molar-refractivity contribution in [3.63, 3.8) is 0 Å². The van der Waals surface area contributed by atoms with Crippen molar-refractivity contribution in [1.29, 1.82) is 0 Å². The second-order valence-corrected chi connectivity index (χ2v) is 4.78. The van der Waals surface area contributed by atoms with E-state index in [2.05, 4.69) is 24.8 Å². The van der Waals surface area contributed by atoms with E-state index in [0.717, 1.165) is 18.7 Å². The van der Waals surface area contributed by atoms with E-state index < -0.39 is 0 Å². The Labute approximate surface area is 113 Å². The summed E-state index contributed by atoms with van der Waals surface area (Å²) in [6.45, 7) is 2.13. The van der Waals surface area contributed by atoms with Crippen LogP contribution in [0.4, 0.5) is 0 Å². The maximum absolute atomic E-state index is 5.63. The van der Waals surface area contributed by atoms with Crippen LogP contribution in [0.3, 0.4) is 0 Å². The Bertz CT molecular complexity index is 219. The van der Waals surface area contributed by atoms with Crippen LogP contribution in [0.25, 0.3) is 0 Å². The third-order valence-electron chi connectivity index (χ3n) is 2.72. The maximum Gasteiger partial charge on any atom is 0.0223 e. The second kappa shape index (κ2) is 15.6. The predicted octanol–water partition coefficient (Wildman–Crippen LogP) is 5.71. The van der Waals surface area contributed by atoms with E-state index in [0.29, 0.717) is 0 Å². The van der Waals surface area contributed by atoms with Crippen LogP contribution < -0.4 is 0 Å². The number of hydrogen-bond donors (Lipinski definition) is 0. The first kappa shape index (κ1) is 16.6. The minimum absolute atomic E-state index is 0.825. The number of hydrogen-bond acceptors (Lipinski definition) is 0. The van der Waals surface area contributed by atoms with Gasteiger partial charge in [-0.1, -0.05) is 63.4 Å². The average molecular weight is 255 g/mol. The van der Waals surface area contributed by atoms with Gasteiger partial charge in [-0.05, 0) is 25.3 Å².